The molecule has 0 bridgehead atoms. The molecule has 1 aliphatic rings. The van der Waals surface area contributed by atoms with E-state index in [1.165, 1.54) is 22.6 Å². The van der Waals surface area contributed by atoms with Gasteiger partial charge in [-0.05, 0) is 49.6 Å². The van der Waals surface area contributed by atoms with E-state index in [4.69, 9.17) is 10.6 Å². The minimum absolute atomic E-state index is 0.0291. The van der Waals surface area contributed by atoms with Crippen LogP contribution in [0.1, 0.15) is 34.2 Å². The number of aryl methyl sites for hydroxylation is 1. The molecule has 19 heavy (non-hydrogen) atoms. The fourth-order valence-corrected chi connectivity index (χ4v) is 3.06. The summed E-state index contributed by atoms with van der Waals surface area (Å²) < 4.78 is 5.84. The number of nitrogens with two attached hydrogens (primary N) is 1. The molecule has 1 fully saturated rings. The average Bonchev–Trinajstić information content (AvgIpc) is 3.12. The van der Waals surface area contributed by atoms with E-state index in [2.05, 4.69) is 36.6 Å². The molecule has 1 heterocycles. The van der Waals surface area contributed by atoms with Crippen LogP contribution in [-0.4, -0.2) is 6.10 Å². The third-order valence-electron chi connectivity index (χ3n) is 3.23. The summed E-state index contributed by atoms with van der Waals surface area (Å²) in [5.74, 6) is 6.66. The van der Waals surface area contributed by atoms with Crippen molar-refractivity contribution in [1.29, 1.82) is 0 Å². The van der Waals surface area contributed by atoms with Gasteiger partial charge in [-0.15, -0.1) is 11.3 Å². The highest BCUT2D eigenvalue weighted by Crippen LogP contribution is 2.31. The molecular formula is C15H18N2OS. The number of thiophene rings is 1. The van der Waals surface area contributed by atoms with Gasteiger partial charge in [0.1, 0.15) is 5.75 Å². The van der Waals surface area contributed by atoms with Crippen molar-refractivity contribution in [2.45, 2.75) is 31.9 Å². The largest absolute Gasteiger partial charge is 0.490 e. The van der Waals surface area contributed by atoms with Crippen molar-refractivity contribution in [3.05, 3.63) is 51.7 Å². The zero-order chi connectivity index (χ0) is 13.2. The summed E-state index contributed by atoms with van der Waals surface area (Å²) in [7, 11) is 0. The zero-order valence-electron chi connectivity index (χ0n) is 10.9. The first-order chi connectivity index (χ1) is 9.26. The van der Waals surface area contributed by atoms with Crippen LogP contribution in [0, 0.1) is 6.92 Å². The molecule has 1 aliphatic carbocycles. The minimum atomic E-state index is 0.0291. The van der Waals surface area contributed by atoms with Gasteiger partial charge in [-0.1, -0.05) is 12.1 Å². The van der Waals surface area contributed by atoms with E-state index >= 15 is 0 Å². The Balaban J connectivity index is 1.85. The molecule has 1 saturated carbocycles. The van der Waals surface area contributed by atoms with Crippen LogP contribution in [0.5, 0.6) is 5.75 Å². The van der Waals surface area contributed by atoms with Crippen molar-refractivity contribution in [3.8, 4) is 5.75 Å². The van der Waals surface area contributed by atoms with E-state index in [-0.39, 0.29) is 6.04 Å². The summed E-state index contributed by atoms with van der Waals surface area (Å²) in [6.07, 6.45) is 2.77. The van der Waals surface area contributed by atoms with E-state index in [9.17, 15) is 0 Å². The van der Waals surface area contributed by atoms with Crippen LogP contribution in [0.25, 0.3) is 0 Å². The van der Waals surface area contributed by atoms with Crippen molar-refractivity contribution in [3.63, 3.8) is 0 Å². The number of nitrogens with one attached hydrogen (secondary N) is 1. The van der Waals surface area contributed by atoms with Crippen molar-refractivity contribution in [1.82, 2.24) is 5.43 Å². The molecule has 3 N–H and O–H groups in total. The van der Waals surface area contributed by atoms with Crippen molar-refractivity contribution >= 4 is 11.3 Å². The van der Waals surface area contributed by atoms with Gasteiger partial charge in [0.25, 0.3) is 0 Å². The maximum atomic E-state index is 5.84. The van der Waals surface area contributed by atoms with E-state index in [0.717, 1.165) is 11.3 Å². The zero-order valence-corrected chi connectivity index (χ0v) is 11.7. The number of hydrazine groups is 1. The van der Waals surface area contributed by atoms with Crippen LogP contribution < -0.4 is 16.0 Å². The third kappa shape index (κ3) is 2.97. The van der Waals surface area contributed by atoms with Crippen LogP contribution in [0.4, 0.5) is 0 Å². The number of hydrogen-bond donors (Lipinski definition) is 2. The highest BCUT2D eigenvalue weighted by Gasteiger charge is 2.24. The van der Waals surface area contributed by atoms with Gasteiger partial charge in [-0.25, -0.2) is 5.43 Å². The summed E-state index contributed by atoms with van der Waals surface area (Å²) >= 11 is 1.76. The second-order valence-electron chi connectivity index (χ2n) is 4.94. The van der Waals surface area contributed by atoms with Crippen molar-refractivity contribution in [2.24, 2.45) is 5.84 Å². The van der Waals surface area contributed by atoms with E-state index in [1.54, 1.807) is 11.3 Å². The van der Waals surface area contributed by atoms with E-state index in [0.29, 0.717) is 6.10 Å². The Bertz CT molecular complexity index is 563. The lowest BCUT2D eigenvalue weighted by atomic mass is 10.1. The maximum absolute atomic E-state index is 5.84. The lowest BCUT2D eigenvalue weighted by molar-refractivity contribution is 0.302. The molecular weight excluding hydrogens is 256 g/mol. The lowest BCUT2D eigenvalue weighted by Gasteiger charge is -2.16. The molecule has 0 aliphatic heterocycles. The first kappa shape index (κ1) is 12.7. The molecule has 1 unspecified atom stereocenters. The summed E-state index contributed by atoms with van der Waals surface area (Å²) in [5.41, 5.74) is 4.04. The Morgan fingerprint density at radius 2 is 2.16 bits per heavy atom. The normalized spacial score (nSPS) is 16.3. The fraction of sp³-hybridized carbons (Fsp3) is 0.333. The van der Waals surface area contributed by atoms with Gasteiger partial charge in [-0.2, -0.15) is 0 Å². The van der Waals surface area contributed by atoms with Gasteiger partial charge >= 0.3 is 0 Å². The van der Waals surface area contributed by atoms with Crippen LogP contribution in [0.2, 0.25) is 0 Å². The van der Waals surface area contributed by atoms with Gasteiger partial charge in [0.2, 0.25) is 0 Å². The molecule has 1 atom stereocenters. The Morgan fingerprint density at radius 1 is 1.32 bits per heavy atom. The van der Waals surface area contributed by atoms with Gasteiger partial charge in [0, 0.05) is 9.75 Å². The number of ether oxygens (including phenoxy) is 1. The van der Waals surface area contributed by atoms with E-state index in [1.807, 2.05) is 12.1 Å². The Morgan fingerprint density at radius 3 is 2.79 bits per heavy atom. The maximum Gasteiger partial charge on any atom is 0.120 e. The van der Waals surface area contributed by atoms with Crippen LogP contribution in [0.15, 0.2) is 36.4 Å². The van der Waals surface area contributed by atoms with Crippen LogP contribution in [-0.2, 0) is 0 Å². The third-order valence-corrected chi connectivity index (χ3v) is 4.30. The number of rotatable bonds is 5. The van der Waals surface area contributed by atoms with Crippen LogP contribution in [0.3, 0.4) is 0 Å². The second-order valence-corrected chi connectivity index (χ2v) is 6.26. The first-order valence-electron chi connectivity index (χ1n) is 6.55. The first-order valence-corrected chi connectivity index (χ1v) is 7.37. The van der Waals surface area contributed by atoms with Crippen LogP contribution >= 0.6 is 11.3 Å². The van der Waals surface area contributed by atoms with Gasteiger partial charge in [0.05, 0.1) is 12.1 Å². The smallest absolute Gasteiger partial charge is 0.120 e. The molecule has 3 nitrogen and oxygen atoms in total. The molecule has 1 aromatic heterocycles. The topological polar surface area (TPSA) is 47.3 Å². The van der Waals surface area contributed by atoms with Crippen molar-refractivity contribution in [2.75, 3.05) is 0 Å². The van der Waals surface area contributed by atoms with E-state index < -0.39 is 0 Å². The number of hydrogen-bond acceptors (Lipinski definition) is 4. The monoisotopic (exact) mass is 274 g/mol. The standard InChI is InChI=1S/C15H18N2OS/c1-10-5-8-14(19-10)15(17-16)11-3-2-4-13(9-11)18-12-6-7-12/h2-5,8-9,12,15,17H,6-7,16H2,1H3. The van der Waals surface area contributed by atoms with Gasteiger partial charge in [-0.3, -0.25) is 5.84 Å². The SMILES string of the molecule is Cc1ccc(C(NN)c2cccc(OC3CC3)c2)s1. The van der Waals surface area contributed by atoms with Gasteiger partial charge in [0.15, 0.2) is 0 Å². The Kier molecular flexibility index (Phi) is 3.55. The second kappa shape index (κ2) is 5.33. The highest BCUT2D eigenvalue weighted by molar-refractivity contribution is 7.12. The molecule has 2 aromatic rings. The summed E-state index contributed by atoms with van der Waals surface area (Å²) in [6.45, 7) is 2.11. The summed E-state index contributed by atoms with van der Waals surface area (Å²) in [5, 5.41) is 0. The predicted octanol–water partition coefficient (Wildman–Crippen LogP) is 3.15. The van der Waals surface area contributed by atoms with Crippen molar-refractivity contribution < 1.29 is 4.74 Å². The fourth-order valence-electron chi connectivity index (χ4n) is 2.10. The Hall–Kier alpha value is -1.36. The quantitative estimate of drug-likeness (QED) is 0.650. The molecule has 0 amide bonds. The molecule has 0 saturated heterocycles. The summed E-state index contributed by atoms with van der Waals surface area (Å²) in [4.78, 5) is 2.52. The molecule has 100 valence electrons. The average molecular weight is 274 g/mol. The number of benzene rings is 1. The molecule has 0 radical (unpaired) electrons. The minimum Gasteiger partial charge on any atom is -0.490 e. The predicted molar refractivity (Wildman–Crippen MR) is 78.3 cm³/mol. The molecule has 4 heteroatoms. The lowest BCUT2D eigenvalue weighted by Crippen LogP contribution is -2.28. The Labute approximate surface area is 117 Å². The molecule has 0 spiro atoms. The molecule has 3 rings (SSSR count). The highest BCUT2D eigenvalue weighted by atomic mass is 32.1. The summed E-state index contributed by atoms with van der Waals surface area (Å²) in [6, 6.07) is 12.5. The molecule has 1 aromatic carbocycles. The van der Waals surface area contributed by atoms with Gasteiger partial charge < -0.3 is 4.74 Å².